The molecule has 2 N–H and O–H groups in total. The Balaban J connectivity index is 1.36. The monoisotopic (exact) mass is 531 g/mol. The summed E-state index contributed by atoms with van der Waals surface area (Å²) in [4.78, 5) is 13.6. The van der Waals surface area contributed by atoms with Gasteiger partial charge in [-0.15, -0.1) is 0 Å². The van der Waals surface area contributed by atoms with E-state index in [-0.39, 0.29) is 33.8 Å². The van der Waals surface area contributed by atoms with E-state index >= 15 is 0 Å². The second kappa shape index (κ2) is 8.94. The van der Waals surface area contributed by atoms with E-state index in [9.17, 15) is 9.90 Å². The molecule has 0 bridgehead atoms. The minimum Gasteiger partial charge on any atom is -0.393 e. The number of aliphatic hydroxyl groups excluding tert-OH is 1. The predicted octanol–water partition coefficient (Wildman–Crippen LogP) is 8.19. The lowest BCUT2D eigenvalue weighted by atomic mass is 9.32. The highest BCUT2D eigenvalue weighted by atomic mass is 16.3. The van der Waals surface area contributed by atoms with Gasteiger partial charge in [-0.1, -0.05) is 65.0 Å². The number of aliphatic hydroxyl groups is 1. The van der Waals surface area contributed by atoms with E-state index in [0.29, 0.717) is 35.0 Å². The van der Waals surface area contributed by atoms with Crippen LogP contribution in [0.1, 0.15) is 116 Å². The van der Waals surface area contributed by atoms with Crippen LogP contribution in [-0.2, 0) is 0 Å². The fraction of sp³-hybridized carbons (Fsp3) is 0.750. The van der Waals surface area contributed by atoms with Crippen LogP contribution in [0.15, 0.2) is 42.5 Å². The Bertz CT molecular complexity index is 1140. The first-order chi connectivity index (χ1) is 18.3. The highest BCUT2D eigenvalue weighted by Gasteiger charge is 2.71. The second-order valence-corrected chi connectivity index (χ2v) is 16.0. The van der Waals surface area contributed by atoms with Gasteiger partial charge >= 0.3 is 0 Å². The third-order valence-corrected chi connectivity index (χ3v) is 14.4. The Morgan fingerprint density at radius 3 is 2.26 bits per heavy atom. The average Bonchev–Trinajstić information content (AvgIpc) is 3.27. The normalized spacial score (nSPS) is 48.2. The number of fused-ring (bicyclic) bond motifs is 7. The molecule has 0 spiro atoms. The molecular formula is C36H53NO2. The van der Waals surface area contributed by atoms with Gasteiger partial charge in [-0.2, -0.15) is 0 Å². The smallest absolute Gasteiger partial charge is 0.251 e. The van der Waals surface area contributed by atoms with Crippen LogP contribution in [0.3, 0.4) is 0 Å². The van der Waals surface area contributed by atoms with Crippen LogP contribution in [-0.4, -0.2) is 22.7 Å². The van der Waals surface area contributed by atoms with Crippen molar-refractivity contribution in [3.05, 3.63) is 48.0 Å². The molecule has 5 aliphatic carbocycles. The first-order valence-electron chi connectivity index (χ1n) is 16.0. The fourth-order valence-electron chi connectivity index (χ4n) is 12.2. The maximum absolute atomic E-state index is 13.6. The quantitative estimate of drug-likeness (QED) is 0.386. The lowest BCUT2D eigenvalue weighted by Crippen LogP contribution is -2.69. The molecule has 1 amide bonds. The number of allylic oxidation sites excluding steroid dienone is 1. The third kappa shape index (κ3) is 3.66. The van der Waals surface area contributed by atoms with E-state index in [2.05, 4.69) is 53.4 Å². The van der Waals surface area contributed by atoms with E-state index in [1.807, 2.05) is 30.3 Å². The summed E-state index contributed by atoms with van der Waals surface area (Å²) in [5, 5.41) is 14.7. The molecule has 0 heterocycles. The number of benzene rings is 1. The molecule has 0 aliphatic heterocycles. The maximum Gasteiger partial charge on any atom is 0.251 e. The highest BCUT2D eigenvalue weighted by Crippen LogP contribution is 2.76. The molecule has 0 unspecified atom stereocenters. The SMILES string of the molecule is C=C(C)[C@@H]1CC[C@]2(NC(=O)c3ccccc3)CC[C@]3(C)[C@H](CC[C@@H]4[C@@]5(C)CC[C@H](O)C(C)(C)[C@@H]5CC[C@]43C)[C@@H]12. The molecule has 214 valence electrons. The van der Waals surface area contributed by atoms with Gasteiger partial charge in [0.2, 0.25) is 0 Å². The van der Waals surface area contributed by atoms with Crippen molar-refractivity contribution in [3.63, 3.8) is 0 Å². The van der Waals surface area contributed by atoms with Crippen molar-refractivity contribution >= 4 is 5.91 Å². The predicted molar refractivity (Wildman–Crippen MR) is 159 cm³/mol. The molecule has 3 nitrogen and oxygen atoms in total. The van der Waals surface area contributed by atoms with Gasteiger partial charge < -0.3 is 10.4 Å². The summed E-state index contributed by atoms with van der Waals surface area (Å²) < 4.78 is 0. The van der Waals surface area contributed by atoms with Crippen LogP contribution in [0.2, 0.25) is 0 Å². The Morgan fingerprint density at radius 1 is 0.846 bits per heavy atom. The van der Waals surface area contributed by atoms with Crippen molar-refractivity contribution in [1.29, 1.82) is 0 Å². The zero-order valence-electron chi connectivity index (χ0n) is 25.5. The first kappa shape index (κ1) is 27.6. The summed E-state index contributed by atoms with van der Waals surface area (Å²) >= 11 is 0. The summed E-state index contributed by atoms with van der Waals surface area (Å²) in [6, 6.07) is 9.83. The Labute approximate surface area is 237 Å². The maximum atomic E-state index is 13.6. The number of rotatable bonds is 3. The van der Waals surface area contributed by atoms with Gasteiger partial charge in [0.05, 0.1) is 6.10 Å². The van der Waals surface area contributed by atoms with Crippen LogP contribution >= 0.6 is 0 Å². The van der Waals surface area contributed by atoms with E-state index in [4.69, 9.17) is 0 Å². The van der Waals surface area contributed by atoms with Crippen molar-refractivity contribution < 1.29 is 9.90 Å². The molecule has 6 rings (SSSR count). The largest absolute Gasteiger partial charge is 0.393 e. The Kier molecular flexibility index (Phi) is 6.32. The van der Waals surface area contributed by atoms with Crippen molar-refractivity contribution in [3.8, 4) is 0 Å². The first-order valence-corrected chi connectivity index (χ1v) is 16.0. The molecule has 5 aliphatic rings. The van der Waals surface area contributed by atoms with E-state index in [1.165, 1.54) is 37.7 Å². The lowest BCUT2D eigenvalue weighted by Gasteiger charge is -2.73. The molecule has 5 saturated carbocycles. The third-order valence-electron chi connectivity index (χ3n) is 14.4. The van der Waals surface area contributed by atoms with Crippen LogP contribution in [0, 0.1) is 51.2 Å². The number of nitrogens with one attached hydrogen (secondary N) is 1. The van der Waals surface area contributed by atoms with Crippen molar-refractivity contribution in [2.75, 3.05) is 0 Å². The number of carbonyl (C=O) groups excluding carboxylic acids is 1. The molecule has 0 saturated heterocycles. The summed E-state index contributed by atoms with van der Waals surface area (Å²) in [5.41, 5.74) is 2.80. The van der Waals surface area contributed by atoms with E-state index in [0.717, 1.165) is 37.7 Å². The molecule has 3 heteroatoms. The number of amides is 1. The molecule has 1 aromatic rings. The topological polar surface area (TPSA) is 49.3 Å². The number of hydrogen-bond acceptors (Lipinski definition) is 2. The van der Waals surface area contributed by atoms with Crippen molar-refractivity contribution in [2.45, 2.75) is 117 Å². The standard InChI is InChI=1S/C36H53NO2/c1-23(2)25-15-20-36(37-31(39)24-11-9-8-10-12-24)22-21-34(6)26(30(25)36)13-14-28-33(5)18-17-29(38)32(3,4)27(33)16-19-35(28,34)7/h8-12,25-30,38H,1,13-22H2,2-7H3,(H,37,39)/t25-,26+,27-,28+,29-,30+,33-,34+,35+,36-/m0/s1. The van der Waals surface area contributed by atoms with Crippen molar-refractivity contribution in [1.82, 2.24) is 5.32 Å². The van der Waals surface area contributed by atoms with E-state index in [1.54, 1.807) is 0 Å². The molecule has 0 aromatic heterocycles. The molecule has 39 heavy (non-hydrogen) atoms. The minimum atomic E-state index is -0.176. The summed E-state index contributed by atoms with van der Waals surface area (Å²) in [7, 11) is 0. The van der Waals surface area contributed by atoms with Crippen LogP contribution < -0.4 is 5.32 Å². The highest BCUT2D eigenvalue weighted by molar-refractivity contribution is 5.94. The number of hydrogen-bond donors (Lipinski definition) is 2. The Hall–Kier alpha value is -1.61. The van der Waals surface area contributed by atoms with Gasteiger partial charge in [0, 0.05) is 11.1 Å². The Morgan fingerprint density at radius 2 is 1.56 bits per heavy atom. The molecule has 5 fully saturated rings. The summed E-state index contributed by atoms with van der Waals surface area (Å²) in [5.74, 6) is 2.95. The van der Waals surface area contributed by atoms with Crippen LogP contribution in [0.4, 0.5) is 0 Å². The van der Waals surface area contributed by atoms with Gasteiger partial charge in [0.25, 0.3) is 5.91 Å². The van der Waals surface area contributed by atoms with E-state index < -0.39 is 0 Å². The minimum absolute atomic E-state index is 0.00791. The van der Waals surface area contributed by atoms with Gasteiger partial charge in [-0.05, 0) is 135 Å². The van der Waals surface area contributed by atoms with Gasteiger partial charge in [0.1, 0.15) is 0 Å². The van der Waals surface area contributed by atoms with Gasteiger partial charge in [-0.3, -0.25) is 4.79 Å². The zero-order chi connectivity index (χ0) is 28.0. The van der Waals surface area contributed by atoms with Gasteiger partial charge in [-0.25, -0.2) is 0 Å². The molecule has 10 atom stereocenters. The van der Waals surface area contributed by atoms with Crippen LogP contribution in [0.5, 0.6) is 0 Å². The molecule has 1 aromatic carbocycles. The molecular weight excluding hydrogens is 478 g/mol. The average molecular weight is 532 g/mol. The summed E-state index contributed by atoms with van der Waals surface area (Å²) in [6.07, 6.45) is 11.5. The van der Waals surface area contributed by atoms with Crippen LogP contribution in [0.25, 0.3) is 0 Å². The zero-order valence-corrected chi connectivity index (χ0v) is 25.5. The number of carbonyl (C=O) groups is 1. The fourth-order valence-corrected chi connectivity index (χ4v) is 12.2. The van der Waals surface area contributed by atoms with Crippen molar-refractivity contribution in [2.24, 2.45) is 51.2 Å². The summed E-state index contributed by atoms with van der Waals surface area (Å²) in [6.45, 7) is 19.4. The lowest BCUT2D eigenvalue weighted by molar-refractivity contribution is -0.243. The second-order valence-electron chi connectivity index (χ2n) is 16.0. The van der Waals surface area contributed by atoms with Gasteiger partial charge in [0.15, 0.2) is 0 Å². The molecule has 0 radical (unpaired) electrons.